The number of cyclic esters (lactones) is 1. The third-order valence-electron chi connectivity index (χ3n) is 6.29. The highest BCUT2D eigenvalue weighted by atomic mass is 35.5. The predicted molar refractivity (Wildman–Crippen MR) is 114 cm³/mol. The Morgan fingerprint density at radius 1 is 1.29 bits per heavy atom. The fourth-order valence-corrected chi connectivity index (χ4v) is 4.52. The van der Waals surface area contributed by atoms with Crippen molar-refractivity contribution in [2.45, 2.75) is 45.6 Å². The molecule has 9 heteroatoms. The summed E-state index contributed by atoms with van der Waals surface area (Å²) in [6.07, 6.45) is 0.0677. The lowest BCUT2D eigenvalue weighted by molar-refractivity contribution is -0.172. The maximum atomic E-state index is 14.2. The van der Waals surface area contributed by atoms with Crippen LogP contribution < -0.4 is 11.3 Å². The van der Waals surface area contributed by atoms with Gasteiger partial charge in [-0.05, 0) is 36.6 Å². The Hall–Kier alpha value is -2.81. The molecule has 7 nitrogen and oxygen atoms in total. The number of esters is 1. The zero-order chi connectivity index (χ0) is 21.4. The Morgan fingerprint density at radius 2 is 2.03 bits per heavy atom. The summed E-state index contributed by atoms with van der Waals surface area (Å²) in [5.74, 6) is -1.14. The monoisotopic (exact) mass is 445 g/mol. The molecule has 0 radical (unpaired) electrons. The van der Waals surface area contributed by atoms with Crippen molar-refractivity contribution in [3.8, 4) is 11.4 Å². The van der Waals surface area contributed by atoms with E-state index in [0.29, 0.717) is 22.5 Å². The molecule has 162 valence electrons. The normalized spacial score (nSPS) is 18.8. The first-order chi connectivity index (χ1) is 14.3. The van der Waals surface area contributed by atoms with Crippen molar-refractivity contribution in [1.82, 2.24) is 9.55 Å². The molecular weight excluding hydrogens is 425 g/mol. The van der Waals surface area contributed by atoms with Crippen LogP contribution in [0.5, 0.6) is 0 Å². The van der Waals surface area contributed by atoms with Gasteiger partial charge in [-0.1, -0.05) is 6.92 Å². The van der Waals surface area contributed by atoms with Gasteiger partial charge in [0, 0.05) is 29.1 Å². The number of nitrogens with two attached hydrogens (primary N) is 1. The van der Waals surface area contributed by atoms with E-state index in [9.17, 15) is 19.1 Å². The van der Waals surface area contributed by atoms with Gasteiger partial charge >= 0.3 is 5.97 Å². The predicted octanol–water partition coefficient (Wildman–Crippen LogP) is 2.41. The average Bonchev–Trinajstić information content (AvgIpc) is 3.09. The van der Waals surface area contributed by atoms with Crippen LogP contribution in [0.2, 0.25) is 0 Å². The number of carbonyl (C=O) groups excluding carboxylic acids is 1. The number of benzene rings is 1. The molecule has 0 aliphatic carbocycles. The van der Waals surface area contributed by atoms with E-state index >= 15 is 0 Å². The van der Waals surface area contributed by atoms with Crippen LogP contribution in [0.4, 0.5) is 4.39 Å². The fraction of sp³-hybridized carbons (Fsp3) is 0.318. The van der Waals surface area contributed by atoms with E-state index in [0.717, 1.165) is 16.5 Å². The molecule has 3 N–H and O–H groups in total. The number of ether oxygens (including phenoxy) is 1. The number of nitrogens with zero attached hydrogens (tertiary/aromatic N) is 2. The van der Waals surface area contributed by atoms with Crippen LogP contribution in [-0.4, -0.2) is 20.6 Å². The minimum Gasteiger partial charge on any atom is -0.458 e. The molecule has 31 heavy (non-hydrogen) atoms. The topological polar surface area (TPSA) is 107 Å². The lowest BCUT2D eigenvalue weighted by Crippen LogP contribution is -2.44. The number of hydrogen-bond acceptors (Lipinski definition) is 6. The van der Waals surface area contributed by atoms with Gasteiger partial charge in [-0.15, -0.1) is 12.4 Å². The minimum absolute atomic E-state index is 0. The summed E-state index contributed by atoms with van der Waals surface area (Å²) in [6.45, 7) is 3.61. The summed E-state index contributed by atoms with van der Waals surface area (Å²) >= 11 is 0. The van der Waals surface area contributed by atoms with E-state index in [1.165, 1.54) is 6.07 Å². The second kappa shape index (κ2) is 7.12. The van der Waals surface area contributed by atoms with E-state index < -0.39 is 11.6 Å². The largest absolute Gasteiger partial charge is 0.458 e. The van der Waals surface area contributed by atoms with Crippen molar-refractivity contribution in [1.29, 1.82) is 0 Å². The maximum absolute atomic E-state index is 14.2. The van der Waals surface area contributed by atoms with Crippen molar-refractivity contribution in [3.63, 3.8) is 0 Å². The summed E-state index contributed by atoms with van der Waals surface area (Å²) in [5, 5.41) is 11.7. The number of aromatic nitrogens is 2. The number of rotatable bonds is 2. The van der Waals surface area contributed by atoms with E-state index in [1.54, 1.807) is 30.5 Å². The van der Waals surface area contributed by atoms with Gasteiger partial charge in [-0.3, -0.25) is 4.79 Å². The van der Waals surface area contributed by atoms with E-state index in [4.69, 9.17) is 10.5 Å². The van der Waals surface area contributed by atoms with Crippen LogP contribution in [-0.2, 0) is 34.8 Å². The minimum atomic E-state index is -1.89. The van der Waals surface area contributed by atoms with Crippen LogP contribution in [0.25, 0.3) is 22.3 Å². The molecule has 0 fully saturated rings. The number of halogens is 2. The van der Waals surface area contributed by atoms with Crippen molar-refractivity contribution in [2.24, 2.45) is 5.73 Å². The standard InChI is InChI=1S/C22H20FN3O4.ClH/c1-3-22(29)15-5-18-19-13(8-26(18)20(27)14(15)9-30-21(22)28)12(7-24)11-4-10(2)16(23)6-17(11)25-19;/h4-6,29H,3,7-9,24H2,1-2H3;1H/t22-;/m0./s1. The SMILES string of the molecule is CC[C@@]1(O)C(=O)OCc2c1cc1n(c2=O)Cc2c-1nc1cc(F)c(C)cc1c2CN.Cl. The molecule has 5 rings (SSSR count). The van der Waals surface area contributed by atoms with Crippen LogP contribution >= 0.6 is 12.4 Å². The van der Waals surface area contributed by atoms with Gasteiger partial charge in [0.05, 0.1) is 29.0 Å². The van der Waals surface area contributed by atoms with E-state index in [2.05, 4.69) is 4.98 Å². The van der Waals surface area contributed by atoms with E-state index in [-0.39, 0.29) is 61.0 Å². The molecular formula is C22H21ClFN3O4. The van der Waals surface area contributed by atoms with Crippen LogP contribution in [0, 0.1) is 12.7 Å². The van der Waals surface area contributed by atoms with Crippen molar-refractivity contribution in [3.05, 3.63) is 62.2 Å². The number of pyridine rings is 2. The molecule has 0 saturated heterocycles. The Bertz CT molecular complexity index is 1340. The second-order valence-electron chi connectivity index (χ2n) is 7.84. The zero-order valence-corrected chi connectivity index (χ0v) is 17.8. The van der Waals surface area contributed by atoms with Crippen LogP contribution in [0.15, 0.2) is 23.0 Å². The first-order valence-electron chi connectivity index (χ1n) is 9.79. The molecule has 0 bridgehead atoms. The maximum Gasteiger partial charge on any atom is 0.343 e. The summed E-state index contributed by atoms with van der Waals surface area (Å²) in [7, 11) is 0. The highest BCUT2D eigenvalue weighted by Gasteiger charge is 2.45. The number of fused-ring (bicyclic) bond motifs is 5. The molecule has 2 aliphatic rings. The Morgan fingerprint density at radius 3 is 2.71 bits per heavy atom. The van der Waals surface area contributed by atoms with Gasteiger partial charge in [-0.2, -0.15) is 0 Å². The molecule has 0 saturated carbocycles. The number of aliphatic hydroxyl groups is 1. The fourth-order valence-electron chi connectivity index (χ4n) is 4.52. The van der Waals surface area contributed by atoms with E-state index in [1.807, 2.05) is 0 Å². The summed E-state index contributed by atoms with van der Waals surface area (Å²) in [6, 6.07) is 4.72. The summed E-state index contributed by atoms with van der Waals surface area (Å²) in [4.78, 5) is 30.1. The van der Waals surface area contributed by atoms with Gasteiger partial charge in [0.2, 0.25) is 0 Å². The van der Waals surface area contributed by atoms with Gasteiger partial charge < -0.3 is 20.1 Å². The third-order valence-corrected chi connectivity index (χ3v) is 6.29. The molecule has 2 aliphatic heterocycles. The van der Waals surface area contributed by atoms with Gasteiger partial charge in [0.25, 0.3) is 5.56 Å². The molecule has 2 aromatic heterocycles. The Kier molecular flexibility index (Phi) is 4.92. The van der Waals surface area contributed by atoms with Crippen molar-refractivity contribution in [2.75, 3.05) is 0 Å². The van der Waals surface area contributed by atoms with Gasteiger partial charge in [0.15, 0.2) is 5.60 Å². The molecule has 1 atom stereocenters. The average molecular weight is 446 g/mol. The lowest BCUT2D eigenvalue weighted by Gasteiger charge is -2.31. The molecule has 0 amide bonds. The second-order valence-corrected chi connectivity index (χ2v) is 7.84. The van der Waals surface area contributed by atoms with Crippen molar-refractivity contribution >= 4 is 29.3 Å². The first kappa shape index (κ1) is 21.4. The summed E-state index contributed by atoms with van der Waals surface area (Å²) < 4.78 is 20.8. The quantitative estimate of drug-likeness (QED) is 0.459. The molecule has 0 unspecified atom stereocenters. The highest BCUT2D eigenvalue weighted by Crippen LogP contribution is 2.40. The molecule has 3 aromatic rings. The van der Waals surface area contributed by atoms with Crippen LogP contribution in [0.3, 0.4) is 0 Å². The third kappa shape index (κ3) is 2.75. The van der Waals surface area contributed by atoms with Gasteiger partial charge in [-0.25, -0.2) is 14.2 Å². The molecule has 1 aromatic carbocycles. The Labute approximate surface area is 183 Å². The smallest absolute Gasteiger partial charge is 0.343 e. The highest BCUT2D eigenvalue weighted by molar-refractivity contribution is 5.89. The van der Waals surface area contributed by atoms with Crippen LogP contribution in [0.1, 0.15) is 41.2 Å². The number of aryl methyl sites for hydroxylation is 1. The Balaban J connectivity index is 0.00000231. The summed E-state index contributed by atoms with van der Waals surface area (Å²) in [5.41, 5.74) is 7.85. The number of carbonyl (C=O) groups is 1. The molecule has 0 spiro atoms. The number of hydrogen-bond donors (Lipinski definition) is 2. The molecule has 4 heterocycles. The van der Waals surface area contributed by atoms with Crippen molar-refractivity contribution < 1.29 is 19.0 Å². The first-order valence-corrected chi connectivity index (χ1v) is 9.79. The van der Waals surface area contributed by atoms with Gasteiger partial charge in [0.1, 0.15) is 12.4 Å². The zero-order valence-electron chi connectivity index (χ0n) is 17.0. The lowest BCUT2D eigenvalue weighted by atomic mass is 9.86.